The van der Waals surface area contributed by atoms with Crippen LogP contribution in [0.3, 0.4) is 0 Å². The van der Waals surface area contributed by atoms with Gasteiger partial charge in [0.05, 0.1) is 11.8 Å². The molecule has 2 aromatic carbocycles. The lowest BCUT2D eigenvalue weighted by atomic mass is 10.0. The van der Waals surface area contributed by atoms with Gasteiger partial charge in [-0.3, -0.25) is 0 Å². The van der Waals surface area contributed by atoms with Crippen LogP contribution in [-0.4, -0.2) is 41.4 Å². The minimum Gasteiger partial charge on any atom is -0.378 e. The average molecular weight is 402 g/mol. The molecule has 1 N–H and O–H groups in total. The topological polar surface area (TPSA) is 52.7 Å². The molecule has 0 bridgehead atoms. The van der Waals surface area contributed by atoms with Crippen molar-refractivity contribution in [1.29, 1.82) is 0 Å². The molecule has 0 aromatic heterocycles. The van der Waals surface area contributed by atoms with Crippen molar-refractivity contribution in [1.82, 2.24) is 4.72 Å². The third-order valence-corrected chi connectivity index (χ3v) is 6.85. The van der Waals surface area contributed by atoms with E-state index in [1.54, 1.807) is 0 Å². The van der Waals surface area contributed by atoms with Gasteiger partial charge < -0.3 is 9.80 Å². The van der Waals surface area contributed by atoms with E-state index in [1.165, 1.54) is 11.3 Å². The number of hydrogen-bond acceptors (Lipinski definition) is 4. The first-order chi connectivity index (χ1) is 13.3. The van der Waals surface area contributed by atoms with E-state index >= 15 is 0 Å². The highest BCUT2D eigenvalue weighted by Gasteiger charge is 2.28. The molecular weight excluding hydrogens is 370 g/mol. The van der Waals surface area contributed by atoms with Crippen LogP contribution in [0, 0.1) is 5.92 Å². The fraction of sp³-hybridized carbons (Fsp3) is 0.455. The number of nitrogens with one attached hydrogen (secondary N) is 1. The molecule has 0 spiro atoms. The Bertz CT molecular complexity index is 892. The summed E-state index contributed by atoms with van der Waals surface area (Å²) in [6, 6.07) is 16.8. The van der Waals surface area contributed by atoms with Crippen molar-refractivity contribution in [2.24, 2.45) is 5.92 Å². The number of para-hydroxylation sites is 1. The Morgan fingerprint density at radius 1 is 1.07 bits per heavy atom. The fourth-order valence-electron chi connectivity index (χ4n) is 3.79. The second-order valence-corrected chi connectivity index (χ2v) is 9.95. The fourth-order valence-corrected chi connectivity index (χ4v) is 5.20. The number of nitrogens with zero attached hydrogens (tertiary/aromatic N) is 2. The van der Waals surface area contributed by atoms with E-state index < -0.39 is 10.0 Å². The van der Waals surface area contributed by atoms with Crippen LogP contribution in [0.2, 0.25) is 0 Å². The minimum atomic E-state index is -3.30. The maximum atomic E-state index is 12.4. The smallest absolute Gasteiger partial charge is 0.211 e. The number of fused-ring (bicyclic) bond motifs is 1. The maximum absolute atomic E-state index is 12.4. The zero-order chi connectivity index (χ0) is 20.3. The number of hydrogen-bond donors (Lipinski definition) is 1. The van der Waals surface area contributed by atoms with Crippen molar-refractivity contribution in [3.05, 3.63) is 59.7 Å². The lowest BCUT2D eigenvalue weighted by Crippen LogP contribution is -2.39. The largest absolute Gasteiger partial charge is 0.378 e. The predicted molar refractivity (Wildman–Crippen MR) is 118 cm³/mol. The van der Waals surface area contributed by atoms with E-state index in [-0.39, 0.29) is 17.7 Å². The molecule has 3 rings (SSSR count). The SMILES string of the molecule is CC(C)CS(=O)(=O)NCC(c1ccc(N(C)C)cc1)N1CCc2ccccc21. The summed E-state index contributed by atoms with van der Waals surface area (Å²) in [4.78, 5) is 4.40. The first-order valence-corrected chi connectivity index (χ1v) is 11.5. The normalized spacial score (nSPS) is 15.0. The molecule has 1 heterocycles. The van der Waals surface area contributed by atoms with Gasteiger partial charge in [-0.25, -0.2) is 13.1 Å². The van der Waals surface area contributed by atoms with Crippen LogP contribution in [0.15, 0.2) is 48.5 Å². The van der Waals surface area contributed by atoms with Gasteiger partial charge >= 0.3 is 0 Å². The average Bonchev–Trinajstić information content (AvgIpc) is 3.05. The molecule has 2 aromatic rings. The predicted octanol–water partition coefficient (Wildman–Crippen LogP) is 3.43. The quantitative estimate of drug-likeness (QED) is 0.736. The van der Waals surface area contributed by atoms with Crippen LogP contribution < -0.4 is 14.5 Å². The van der Waals surface area contributed by atoms with Gasteiger partial charge in [0.2, 0.25) is 10.0 Å². The Kier molecular flexibility index (Phi) is 6.30. The Morgan fingerprint density at radius 2 is 1.75 bits per heavy atom. The molecule has 6 heteroatoms. The molecule has 0 radical (unpaired) electrons. The number of benzene rings is 2. The molecule has 1 atom stereocenters. The molecule has 1 aliphatic rings. The van der Waals surface area contributed by atoms with Gasteiger partial charge in [0.15, 0.2) is 0 Å². The standard InChI is InChI=1S/C22H31N3O2S/c1-17(2)16-28(26,27)23-15-22(19-9-11-20(12-10-19)24(3)4)25-14-13-18-7-5-6-8-21(18)25/h5-12,17,22-23H,13-16H2,1-4H3. The summed E-state index contributed by atoms with van der Waals surface area (Å²) >= 11 is 0. The summed E-state index contributed by atoms with van der Waals surface area (Å²) in [7, 11) is 0.737. The molecule has 152 valence electrons. The minimum absolute atomic E-state index is 0.0400. The van der Waals surface area contributed by atoms with Gasteiger partial charge in [-0.2, -0.15) is 0 Å². The van der Waals surface area contributed by atoms with Gasteiger partial charge in [-0.15, -0.1) is 0 Å². The first kappa shape index (κ1) is 20.7. The van der Waals surface area contributed by atoms with Gasteiger partial charge in [-0.1, -0.05) is 44.2 Å². The van der Waals surface area contributed by atoms with Crippen LogP contribution in [0.5, 0.6) is 0 Å². The Morgan fingerprint density at radius 3 is 2.39 bits per heavy atom. The summed E-state index contributed by atoms with van der Waals surface area (Å²) in [6.45, 7) is 5.11. The van der Waals surface area contributed by atoms with E-state index in [0.717, 1.165) is 24.2 Å². The van der Waals surface area contributed by atoms with Gasteiger partial charge in [0, 0.05) is 38.6 Å². The van der Waals surface area contributed by atoms with E-state index in [0.29, 0.717) is 6.54 Å². The Labute approximate surface area is 169 Å². The zero-order valence-electron chi connectivity index (χ0n) is 17.2. The van der Waals surface area contributed by atoms with E-state index in [4.69, 9.17) is 0 Å². The molecule has 0 saturated carbocycles. The van der Waals surface area contributed by atoms with Crippen molar-refractivity contribution >= 4 is 21.4 Å². The van der Waals surface area contributed by atoms with Crippen molar-refractivity contribution in [2.45, 2.75) is 26.3 Å². The second kappa shape index (κ2) is 8.53. The molecule has 0 fully saturated rings. The lowest BCUT2D eigenvalue weighted by molar-refractivity contribution is 0.552. The molecule has 0 saturated heterocycles. The van der Waals surface area contributed by atoms with Crippen molar-refractivity contribution in [3.63, 3.8) is 0 Å². The second-order valence-electron chi connectivity index (χ2n) is 8.10. The molecule has 1 unspecified atom stereocenters. The summed E-state index contributed by atoms with van der Waals surface area (Å²) in [5, 5.41) is 0. The van der Waals surface area contributed by atoms with Crippen molar-refractivity contribution in [2.75, 3.05) is 42.7 Å². The van der Waals surface area contributed by atoms with Gasteiger partial charge in [0.1, 0.15) is 0 Å². The van der Waals surface area contributed by atoms with Crippen LogP contribution in [0.1, 0.15) is 31.0 Å². The number of anilines is 2. The third-order valence-electron chi connectivity index (χ3n) is 5.14. The van der Waals surface area contributed by atoms with Crippen LogP contribution in [-0.2, 0) is 16.4 Å². The molecule has 0 amide bonds. The monoisotopic (exact) mass is 401 g/mol. The van der Waals surface area contributed by atoms with Crippen LogP contribution >= 0.6 is 0 Å². The Balaban J connectivity index is 1.88. The highest BCUT2D eigenvalue weighted by molar-refractivity contribution is 7.89. The van der Waals surface area contributed by atoms with E-state index in [2.05, 4.69) is 57.0 Å². The summed E-state index contributed by atoms with van der Waals surface area (Å²) < 4.78 is 27.7. The highest BCUT2D eigenvalue weighted by atomic mass is 32.2. The molecule has 5 nitrogen and oxygen atoms in total. The number of rotatable bonds is 8. The Hall–Kier alpha value is -2.05. The lowest BCUT2D eigenvalue weighted by Gasteiger charge is -2.31. The zero-order valence-corrected chi connectivity index (χ0v) is 18.0. The van der Waals surface area contributed by atoms with Crippen molar-refractivity contribution < 1.29 is 8.42 Å². The summed E-state index contributed by atoms with van der Waals surface area (Å²) in [5.74, 6) is 0.249. The van der Waals surface area contributed by atoms with E-state index in [1.807, 2.05) is 34.0 Å². The maximum Gasteiger partial charge on any atom is 0.211 e. The first-order valence-electron chi connectivity index (χ1n) is 9.86. The van der Waals surface area contributed by atoms with Gasteiger partial charge in [-0.05, 0) is 41.7 Å². The third kappa shape index (κ3) is 4.86. The number of sulfonamides is 1. The van der Waals surface area contributed by atoms with Gasteiger partial charge in [0.25, 0.3) is 0 Å². The highest BCUT2D eigenvalue weighted by Crippen LogP contribution is 2.35. The molecule has 28 heavy (non-hydrogen) atoms. The summed E-state index contributed by atoms with van der Waals surface area (Å²) in [6.07, 6.45) is 0.987. The van der Waals surface area contributed by atoms with Crippen molar-refractivity contribution in [3.8, 4) is 0 Å². The summed E-state index contributed by atoms with van der Waals surface area (Å²) in [5.41, 5.74) is 4.77. The molecule has 1 aliphatic heterocycles. The van der Waals surface area contributed by atoms with Crippen LogP contribution in [0.4, 0.5) is 11.4 Å². The van der Waals surface area contributed by atoms with E-state index in [9.17, 15) is 8.42 Å². The molecular formula is C22H31N3O2S. The van der Waals surface area contributed by atoms with Crippen LogP contribution in [0.25, 0.3) is 0 Å². The molecule has 0 aliphatic carbocycles.